The van der Waals surface area contributed by atoms with Gasteiger partial charge in [0.25, 0.3) is 15.7 Å². The molecule has 0 N–H and O–H groups in total. The highest BCUT2D eigenvalue weighted by atomic mass is 32.2. The molecule has 3 atom stereocenters. The third-order valence-electron chi connectivity index (χ3n) is 5.27. The zero-order chi connectivity index (χ0) is 21.3. The van der Waals surface area contributed by atoms with E-state index in [0.717, 1.165) is 15.6 Å². The van der Waals surface area contributed by atoms with Crippen LogP contribution in [0, 0.1) is 16.0 Å². The molecule has 0 saturated carbocycles. The highest BCUT2D eigenvalue weighted by Crippen LogP contribution is 2.49. The van der Waals surface area contributed by atoms with Gasteiger partial charge in [0, 0.05) is 12.0 Å². The fourth-order valence-electron chi connectivity index (χ4n) is 3.84. The molecule has 3 aromatic rings. The first-order valence-corrected chi connectivity index (χ1v) is 10.9. The minimum Gasteiger partial charge on any atom is -0.275 e. The molecule has 0 amide bonds. The van der Waals surface area contributed by atoms with E-state index in [2.05, 4.69) is 0 Å². The Bertz CT molecular complexity index is 1150. The molecule has 3 aromatic carbocycles. The van der Waals surface area contributed by atoms with Gasteiger partial charge in [0.05, 0.1) is 11.0 Å². The number of nitro groups is 1. The van der Waals surface area contributed by atoms with E-state index >= 15 is 0 Å². The summed E-state index contributed by atoms with van der Waals surface area (Å²) >= 11 is 0. The first-order chi connectivity index (χ1) is 14.4. The number of benzene rings is 3. The molecule has 0 aliphatic carbocycles. The SMILES string of the molecule is C[C@H]1[C@@H](c2ccccc2)ON(S(=O)(=O)c2ccccc2[N+](=O)[O-])[C@@H]1c1ccccc1. The van der Waals surface area contributed by atoms with E-state index < -0.39 is 37.7 Å². The summed E-state index contributed by atoms with van der Waals surface area (Å²) in [5.74, 6) is -0.229. The average molecular weight is 424 g/mol. The Morgan fingerprint density at radius 1 is 0.867 bits per heavy atom. The minimum absolute atomic E-state index is 0.229. The van der Waals surface area contributed by atoms with Gasteiger partial charge in [-0.3, -0.25) is 15.0 Å². The predicted molar refractivity (Wildman–Crippen MR) is 111 cm³/mol. The topological polar surface area (TPSA) is 89.8 Å². The van der Waals surface area contributed by atoms with E-state index in [4.69, 9.17) is 4.84 Å². The zero-order valence-corrected chi connectivity index (χ0v) is 17.0. The second-order valence-electron chi connectivity index (χ2n) is 7.14. The second kappa shape index (κ2) is 7.98. The fraction of sp³-hybridized carbons (Fsp3) is 0.182. The van der Waals surface area contributed by atoms with E-state index in [1.54, 1.807) is 0 Å². The molecule has 1 heterocycles. The van der Waals surface area contributed by atoms with Gasteiger partial charge in [-0.2, -0.15) is 0 Å². The van der Waals surface area contributed by atoms with Crippen molar-refractivity contribution in [3.63, 3.8) is 0 Å². The number of sulfonamides is 1. The summed E-state index contributed by atoms with van der Waals surface area (Å²) in [5, 5.41) is 11.5. The smallest absolute Gasteiger partial charge is 0.275 e. The lowest BCUT2D eigenvalue weighted by atomic mass is 9.88. The Hall–Kier alpha value is -3.07. The van der Waals surface area contributed by atoms with Gasteiger partial charge in [-0.05, 0) is 17.2 Å². The van der Waals surface area contributed by atoms with Crippen molar-refractivity contribution in [1.82, 2.24) is 4.47 Å². The summed E-state index contributed by atoms with van der Waals surface area (Å²) in [4.78, 5) is 16.4. The van der Waals surface area contributed by atoms with Crippen LogP contribution < -0.4 is 0 Å². The number of nitro benzene ring substituents is 1. The predicted octanol–water partition coefficient (Wildman–Crippen LogP) is 4.65. The molecule has 4 rings (SSSR count). The van der Waals surface area contributed by atoms with E-state index in [-0.39, 0.29) is 5.92 Å². The van der Waals surface area contributed by atoms with Crippen molar-refractivity contribution in [3.05, 3.63) is 106 Å². The number of rotatable bonds is 5. The number of para-hydroxylation sites is 1. The van der Waals surface area contributed by atoms with E-state index in [0.29, 0.717) is 0 Å². The molecule has 154 valence electrons. The summed E-state index contributed by atoms with van der Waals surface area (Å²) < 4.78 is 28.1. The van der Waals surface area contributed by atoms with Crippen LogP contribution >= 0.6 is 0 Å². The zero-order valence-electron chi connectivity index (χ0n) is 16.2. The molecule has 1 fully saturated rings. The number of hydrogen-bond donors (Lipinski definition) is 0. The summed E-state index contributed by atoms with van der Waals surface area (Å²) in [6.45, 7) is 1.92. The van der Waals surface area contributed by atoms with Crippen LogP contribution in [0.4, 0.5) is 5.69 Å². The van der Waals surface area contributed by atoms with Crippen LogP contribution in [0.1, 0.15) is 30.2 Å². The lowest BCUT2D eigenvalue weighted by Gasteiger charge is -2.24. The highest BCUT2D eigenvalue weighted by Gasteiger charge is 2.49. The highest BCUT2D eigenvalue weighted by molar-refractivity contribution is 7.89. The lowest BCUT2D eigenvalue weighted by molar-refractivity contribution is -0.387. The molecule has 0 radical (unpaired) electrons. The van der Waals surface area contributed by atoms with Gasteiger partial charge in [-0.25, -0.2) is 8.42 Å². The van der Waals surface area contributed by atoms with Crippen LogP contribution in [0.5, 0.6) is 0 Å². The average Bonchev–Trinajstić information content (AvgIpc) is 3.13. The summed E-state index contributed by atoms with van der Waals surface area (Å²) in [6.07, 6.45) is -0.519. The van der Waals surface area contributed by atoms with Crippen LogP contribution in [0.15, 0.2) is 89.8 Å². The van der Waals surface area contributed by atoms with Gasteiger partial charge in [0.2, 0.25) is 0 Å². The van der Waals surface area contributed by atoms with E-state index in [1.165, 1.54) is 24.3 Å². The molecule has 0 unspecified atom stereocenters. The van der Waals surface area contributed by atoms with Gasteiger partial charge in [-0.1, -0.05) is 84.2 Å². The van der Waals surface area contributed by atoms with Crippen molar-refractivity contribution in [2.24, 2.45) is 5.92 Å². The van der Waals surface area contributed by atoms with Gasteiger partial charge in [-0.15, -0.1) is 0 Å². The maximum absolute atomic E-state index is 13.6. The van der Waals surface area contributed by atoms with Crippen molar-refractivity contribution in [1.29, 1.82) is 0 Å². The Morgan fingerprint density at radius 2 is 1.40 bits per heavy atom. The maximum Gasteiger partial charge on any atom is 0.289 e. The van der Waals surface area contributed by atoms with E-state index in [1.807, 2.05) is 67.6 Å². The first kappa shape index (κ1) is 20.2. The Kier molecular flexibility index (Phi) is 5.38. The Labute approximate surface area is 174 Å². The lowest BCUT2D eigenvalue weighted by Crippen LogP contribution is -2.31. The summed E-state index contributed by atoms with van der Waals surface area (Å²) in [6, 6.07) is 23.2. The molecule has 0 aromatic heterocycles. The van der Waals surface area contributed by atoms with E-state index in [9.17, 15) is 18.5 Å². The molecule has 1 aliphatic rings. The maximum atomic E-state index is 13.6. The van der Waals surface area contributed by atoms with Crippen LogP contribution in [-0.2, 0) is 14.9 Å². The standard InChI is InChI=1S/C22H20N2O5S/c1-16-21(17-10-4-2-5-11-17)24(29-22(16)18-12-6-3-7-13-18)30(27,28)20-15-9-8-14-19(20)23(25)26/h2-16,21-22H,1H3/t16-,21+,22+/m1/s1. The Balaban J connectivity index is 1.85. The number of hydroxylamine groups is 1. The molecule has 8 heteroatoms. The molecular formula is C22H20N2O5S. The van der Waals surface area contributed by atoms with Crippen LogP contribution in [-0.4, -0.2) is 17.8 Å². The van der Waals surface area contributed by atoms with Gasteiger partial charge in [0.15, 0.2) is 4.90 Å². The first-order valence-electron chi connectivity index (χ1n) is 9.46. The molecule has 1 aliphatic heterocycles. The molecule has 7 nitrogen and oxygen atoms in total. The molecule has 0 spiro atoms. The summed E-state index contributed by atoms with van der Waals surface area (Å²) in [5.41, 5.74) is 1.11. The fourth-order valence-corrected chi connectivity index (χ4v) is 5.51. The second-order valence-corrected chi connectivity index (χ2v) is 8.89. The monoisotopic (exact) mass is 424 g/mol. The summed E-state index contributed by atoms with van der Waals surface area (Å²) in [7, 11) is -4.32. The van der Waals surface area contributed by atoms with Crippen molar-refractivity contribution >= 4 is 15.7 Å². The number of nitrogens with zero attached hydrogens (tertiary/aromatic N) is 2. The van der Waals surface area contributed by atoms with Crippen LogP contribution in [0.2, 0.25) is 0 Å². The minimum atomic E-state index is -4.32. The van der Waals surface area contributed by atoms with Crippen LogP contribution in [0.3, 0.4) is 0 Å². The molecule has 1 saturated heterocycles. The van der Waals surface area contributed by atoms with Crippen molar-refractivity contribution < 1.29 is 18.2 Å². The number of hydrogen-bond acceptors (Lipinski definition) is 5. The molecule has 30 heavy (non-hydrogen) atoms. The van der Waals surface area contributed by atoms with Gasteiger partial charge < -0.3 is 0 Å². The van der Waals surface area contributed by atoms with Gasteiger partial charge >= 0.3 is 0 Å². The van der Waals surface area contributed by atoms with Gasteiger partial charge in [0.1, 0.15) is 6.10 Å². The third-order valence-corrected chi connectivity index (χ3v) is 6.95. The van der Waals surface area contributed by atoms with Crippen molar-refractivity contribution in [3.8, 4) is 0 Å². The van der Waals surface area contributed by atoms with Crippen LogP contribution in [0.25, 0.3) is 0 Å². The molecular weight excluding hydrogens is 404 g/mol. The molecule has 0 bridgehead atoms. The normalized spacial score (nSPS) is 22.1. The Morgan fingerprint density at radius 3 is 2.00 bits per heavy atom. The quantitative estimate of drug-likeness (QED) is 0.439. The van der Waals surface area contributed by atoms with Crippen molar-refractivity contribution in [2.75, 3.05) is 0 Å². The third kappa shape index (κ3) is 3.49. The van der Waals surface area contributed by atoms with Crippen molar-refractivity contribution in [2.45, 2.75) is 24.0 Å². The largest absolute Gasteiger partial charge is 0.289 e.